The first kappa shape index (κ1) is 13.6. The van der Waals surface area contributed by atoms with Crippen molar-refractivity contribution in [1.82, 2.24) is 10.6 Å². The molecule has 0 atom stereocenters. The fourth-order valence-corrected chi connectivity index (χ4v) is 1.48. The van der Waals surface area contributed by atoms with Crippen LogP contribution in [-0.2, 0) is 6.54 Å². The molecule has 0 unspecified atom stereocenters. The zero-order chi connectivity index (χ0) is 12.5. The summed E-state index contributed by atoms with van der Waals surface area (Å²) < 4.78 is 0. The lowest BCUT2D eigenvalue weighted by Crippen LogP contribution is -2.21. The van der Waals surface area contributed by atoms with Crippen LogP contribution in [0.3, 0.4) is 0 Å². The van der Waals surface area contributed by atoms with Gasteiger partial charge in [0, 0.05) is 18.7 Å². The van der Waals surface area contributed by atoms with Gasteiger partial charge in [-0.15, -0.1) is 0 Å². The van der Waals surface area contributed by atoms with Crippen molar-refractivity contribution in [2.24, 2.45) is 0 Å². The fraction of sp³-hybridized carbons (Fsp3) is 0.500. The number of nitrogens with one attached hydrogen (secondary N) is 2. The highest BCUT2D eigenvalue weighted by molar-refractivity contribution is 5.32. The topological polar surface area (TPSA) is 67.2 Å². The molecular formula is C12H19N3O2. The maximum absolute atomic E-state index is 10.5. The molecule has 0 fully saturated rings. The minimum absolute atomic E-state index is 0.140. The Morgan fingerprint density at radius 1 is 1.18 bits per heavy atom. The number of rotatable bonds is 8. The number of nitro benzene ring substituents is 1. The summed E-state index contributed by atoms with van der Waals surface area (Å²) in [5.74, 6) is 0. The lowest BCUT2D eigenvalue weighted by molar-refractivity contribution is -0.384. The normalized spacial score (nSPS) is 10.4. The number of hydrogen-bond acceptors (Lipinski definition) is 4. The quantitative estimate of drug-likeness (QED) is 0.410. The lowest BCUT2D eigenvalue weighted by atomic mass is 10.2. The summed E-state index contributed by atoms with van der Waals surface area (Å²) in [6.45, 7) is 5.81. The van der Waals surface area contributed by atoms with Gasteiger partial charge < -0.3 is 10.6 Å². The molecule has 17 heavy (non-hydrogen) atoms. The molecule has 1 aromatic carbocycles. The summed E-state index contributed by atoms with van der Waals surface area (Å²) >= 11 is 0. The Bertz CT molecular complexity index is 338. The van der Waals surface area contributed by atoms with E-state index in [1.54, 1.807) is 12.1 Å². The van der Waals surface area contributed by atoms with Crippen molar-refractivity contribution in [3.8, 4) is 0 Å². The van der Waals surface area contributed by atoms with Crippen LogP contribution in [-0.4, -0.2) is 24.6 Å². The van der Waals surface area contributed by atoms with E-state index in [2.05, 4.69) is 17.6 Å². The van der Waals surface area contributed by atoms with Crippen LogP contribution < -0.4 is 10.6 Å². The smallest absolute Gasteiger partial charge is 0.269 e. The number of benzene rings is 1. The maximum Gasteiger partial charge on any atom is 0.269 e. The van der Waals surface area contributed by atoms with Gasteiger partial charge in [-0.05, 0) is 31.6 Å². The van der Waals surface area contributed by atoms with Crippen LogP contribution in [0.5, 0.6) is 0 Å². The van der Waals surface area contributed by atoms with Crippen molar-refractivity contribution in [2.75, 3.05) is 19.6 Å². The zero-order valence-corrected chi connectivity index (χ0v) is 10.1. The van der Waals surface area contributed by atoms with Crippen molar-refractivity contribution >= 4 is 5.69 Å². The summed E-state index contributed by atoms with van der Waals surface area (Å²) in [4.78, 5) is 10.1. The Kier molecular flexibility index (Phi) is 6.21. The Balaban J connectivity index is 2.21. The van der Waals surface area contributed by atoms with E-state index in [1.165, 1.54) is 12.1 Å². The summed E-state index contributed by atoms with van der Waals surface area (Å²) in [6, 6.07) is 6.65. The monoisotopic (exact) mass is 237 g/mol. The van der Waals surface area contributed by atoms with Gasteiger partial charge in [-0.1, -0.05) is 19.1 Å². The molecule has 0 saturated carbocycles. The first-order valence-electron chi connectivity index (χ1n) is 5.88. The molecule has 0 radical (unpaired) electrons. The molecule has 0 heterocycles. The summed E-state index contributed by atoms with van der Waals surface area (Å²) in [6.07, 6.45) is 1.08. The van der Waals surface area contributed by atoms with Crippen LogP contribution in [0.15, 0.2) is 24.3 Å². The molecule has 0 aliphatic carbocycles. The Morgan fingerprint density at radius 3 is 2.41 bits per heavy atom. The van der Waals surface area contributed by atoms with E-state index in [1.807, 2.05) is 0 Å². The van der Waals surface area contributed by atoms with E-state index in [0.29, 0.717) is 0 Å². The highest BCUT2D eigenvalue weighted by Gasteiger charge is 2.03. The lowest BCUT2D eigenvalue weighted by Gasteiger charge is -2.05. The average molecular weight is 237 g/mol. The van der Waals surface area contributed by atoms with Gasteiger partial charge in [-0.25, -0.2) is 0 Å². The van der Waals surface area contributed by atoms with Gasteiger partial charge in [-0.3, -0.25) is 10.1 Å². The standard InChI is InChI=1S/C12H19N3O2/c1-2-13-8-3-9-14-10-11-4-6-12(7-5-11)15(16)17/h4-7,13-14H,2-3,8-10H2,1H3. The molecule has 1 rings (SSSR count). The van der Waals surface area contributed by atoms with Gasteiger partial charge in [0.15, 0.2) is 0 Å². The maximum atomic E-state index is 10.5. The third-order valence-corrected chi connectivity index (χ3v) is 2.43. The van der Waals surface area contributed by atoms with Gasteiger partial charge >= 0.3 is 0 Å². The highest BCUT2D eigenvalue weighted by Crippen LogP contribution is 2.11. The molecule has 0 aliphatic rings. The molecule has 0 spiro atoms. The summed E-state index contributed by atoms with van der Waals surface area (Å²) in [5.41, 5.74) is 1.21. The Morgan fingerprint density at radius 2 is 1.82 bits per heavy atom. The van der Waals surface area contributed by atoms with Gasteiger partial charge in [0.25, 0.3) is 5.69 Å². The Hall–Kier alpha value is -1.46. The molecule has 1 aromatic rings. The molecule has 2 N–H and O–H groups in total. The second kappa shape index (κ2) is 7.76. The molecule has 0 aliphatic heterocycles. The first-order valence-corrected chi connectivity index (χ1v) is 5.88. The number of nitrogens with zero attached hydrogens (tertiary/aromatic N) is 1. The van der Waals surface area contributed by atoms with E-state index in [4.69, 9.17) is 0 Å². The minimum Gasteiger partial charge on any atom is -0.317 e. The Labute approximate surface area is 101 Å². The average Bonchev–Trinajstić information content (AvgIpc) is 2.34. The third-order valence-electron chi connectivity index (χ3n) is 2.43. The van der Waals surface area contributed by atoms with Crippen molar-refractivity contribution < 1.29 is 4.92 Å². The molecule has 5 nitrogen and oxygen atoms in total. The second-order valence-electron chi connectivity index (χ2n) is 3.81. The first-order chi connectivity index (χ1) is 8.24. The van der Waals surface area contributed by atoms with Crippen LogP contribution in [0.25, 0.3) is 0 Å². The van der Waals surface area contributed by atoms with Crippen LogP contribution in [0.2, 0.25) is 0 Å². The van der Waals surface area contributed by atoms with Crippen LogP contribution in [0, 0.1) is 10.1 Å². The van der Waals surface area contributed by atoms with Gasteiger partial charge in [0.1, 0.15) is 0 Å². The van der Waals surface area contributed by atoms with Crippen molar-refractivity contribution in [2.45, 2.75) is 19.9 Å². The van der Waals surface area contributed by atoms with Gasteiger partial charge in [0.05, 0.1) is 4.92 Å². The molecule has 0 saturated heterocycles. The van der Waals surface area contributed by atoms with E-state index in [-0.39, 0.29) is 10.6 Å². The second-order valence-corrected chi connectivity index (χ2v) is 3.81. The summed E-state index contributed by atoms with van der Waals surface area (Å²) in [7, 11) is 0. The SMILES string of the molecule is CCNCCCNCc1ccc([N+](=O)[O-])cc1. The largest absolute Gasteiger partial charge is 0.317 e. The minimum atomic E-state index is -0.381. The molecule has 94 valence electrons. The summed E-state index contributed by atoms with van der Waals surface area (Å²) in [5, 5.41) is 17.0. The number of hydrogen-bond donors (Lipinski definition) is 2. The van der Waals surface area contributed by atoms with E-state index in [0.717, 1.165) is 38.2 Å². The zero-order valence-electron chi connectivity index (χ0n) is 10.1. The number of nitro groups is 1. The van der Waals surface area contributed by atoms with Crippen LogP contribution in [0.1, 0.15) is 18.9 Å². The number of non-ortho nitro benzene ring substituents is 1. The van der Waals surface area contributed by atoms with Crippen molar-refractivity contribution in [1.29, 1.82) is 0 Å². The molecule has 0 bridgehead atoms. The third kappa shape index (κ3) is 5.42. The molecule has 0 aromatic heterocycles. The molecule has 5 heteroatoms. The fourth-order valence-electron chi connectivity index (χ4n) is 1.48. The van der Waals surface area contributed by atoms with E-state index in [9.17, 15) is 10.1 Å². The van der Waals surface area contributed by atoms with E-state index < -0.39 is 0 Å². The van der Waals surface area contributed by atoms with Crippen LogP contribution in [0.4, 0.5) is 5.69 Å². The highest BCUT2D eigenvalue weighted by atomic mass is 16.6. The van der Waals surface area contributed by atoms with Crippen LogP contribution >= 0.6 is 0 Å². The van der Waals surface area contributed by atoms with Gasteiger partial charge in [-0.2, -0.15) is 0 Å². The molecular weight excluding hydrogens is 218 g/mol. The predicted octanol–water partition coefficient (Wildman–Crippen LogP) is 1.68. The van der Waals surface area contributed by atoms with Gasteiger partial charge in [0.2, 0.25) is 0 Å². The van der Waals surface area contributed by atoms with Crippen molar-refractivity contribution in [3.05, 3.63) is 39.9 Å². The molecule has 0 amide bonds. The van der Waals surface area contributed by atoms with E-state index >= 15 is 0 Å². The predicted molar refractivity (Wildman–Crippen MR) is 68.0 cm³/mol. The van der Waals surface area contributed by atoms with Crippen molar-refractivity contribution in [3.63, 3.8) is 0 Å².